The third kappa shape index (κ3) is 3.33. The number of hydrogen-bond acceptors (Lipinski definition) is 4. The van der Waals surface area contributed by atoms with Gasteiger partial charge in [-0.05, 0) is 28.9 Å². The van der Waals surface area contributed by atoms with Gasteiger partial charge in [0.25, 0.3) is 0 Å². The molecule has 2 heterocycles. The Labute approximate surface area is 117 Å². The molecule has 0 bridgehead atoms. The lowest BCUT2D eigenvalue weighted by molar-refractivity contribution is -0.118. The van der Waals surface area contributed by atoms with Gasteiger partial charge >= 0.3 is 0 Å². The normalized spacial score (nSPS) is 12.3. The Balaban J connectivity index is 2.00. The number of carbonyl (C=O) groups is 1. The largest absolute Gasteiger partial charge is 0.375 e. The number of primary amides is 1. The van der Waals surface area contributed by atoms with E-state index in [0.29, 0.717) is 0 Å². The Morgan fingerprint density at radius 3 is 3.11 bits per heavy atom. The molecule has 1 unspecified atom stereocenters. The molecule has 0 fully saturated rings. The fourth-order valence-electron chi connectivity index (χ4n) is 1.56. The van der Waals surface area contributed by atoms with Crippen molar-refractivity contribution < 1.29 is 4.79 Å². The van der Waals surface area contributed by atoms with Crippen LogP contribution in [0.4, 0.5) is 5.69 Å². The maximum Gasteiger partial charge on any atom is 0.239 e. The zero-order chi connectivity index (χ0) is 13.1. The summed E-state index contributed by atoms with van der Waals surface area (Å²) >= 11 is 5.12. The van der Waals surface area contributed by atoms with Gasteiger partial charge in [0.1, 0.15) is 6.54 Å². The SMILES string of the molecule is CC(Nc1cnn(CC(N)=O)c1)c1cc(Br)cs1. The molecule has 0 saturated carbocycles. The predicted octanol–water partition coefficient (Wildman–Crippen LogP) is 2.37. The number of aromatic nitrogens is 2. The molecule has 0 aliphatic heterocycles. The van der Waals surface area contributed by atoms with Gasteiger partial charge in [0.2, 0.25) is 5.91 Å². The number of rotatable bonds is 5. The van der Waals surface area contributed by atoms with Crippen LogP contribution in [0.15, 0.2) is 28.3 Å². The fourth-order valence-corrected chi connectivity index (χ4v) is 3.01. The highest BCUT2D eigenvalue weighted by atomic mass is 79.9. The molecule has 1 atom stereocenters. The predicted molar refractivity (Wildman–Crippen MR) is 75.5 cm³/mol. The Kier molecular flexibility index (Phi) is 4.03. The molecule has 0 aliphatic rings. The molecule has 0 spiro atoms. The van der Waals surface area contributed by atoms with Crippen molar-refractivity contribution in [2.24, 2.45) is 5.73 Å². The van der Waals surface area contributed by atoms with Crippen LogP contribution in [0.25, 0.3) is 0 Å². The van der Waals surface area contributed by atoms with Crippen LogP contribution in [0.5, 0.6) is 0 Å². The molecule has 3 N–H and O–H groups in total. The summed E-state index contributed by atoms with van der Waals surface area (Å²) in [5, 5.41) is 9.42. The van der Waals surface area contributed by atoms with Gasteiger partial charge in [-0.15, -0.1) is 11.3 Å². The Bertz CT molecular complexity index is 551. The van der Waals surface area contributed by atoms with Crippen LogP contribution in [0.1, 0.15) is 17.8 Å². The van der Waals surface area contributed by atoms with E-state index in [1.54, 1.807) is 23.7 Å². The van der Waals surface area contributed by atoms with Crippen molar-refractivity contribution in [3.8, 4) is 0 Å². The van der Waals surface area contributed by atoms with Gasteiger partial charge in [-0.1, -0.05) is 0 Å². The van der Waals surface area contributed by atoms with E-state index < -0.39 is 5.91 Å². The minimum atomic E-state index is -0.403. The summed E-state index contributed by atoms with van der Waals surface area (Å²) in [4.78, 5) is 12.0. The Morgan fingerprint density at radius 1 is 1.72 bits per heavy atom. The second kappa shape index (κ2) is 5.53. The number of thiophene rings is 1. The zero-order valence-electron chi connectivity index (χ0n) is 9.76. The second-order valence-electron chi connectivity index (χ2n) is 3.93. The maximum absolute atomic E-state index is 10.8. The molecule has 1 amide bonds. The Morgan fingerprint density at radius 2 is 2.50 bits per heavy atom. The van der Waals surface area contributed by atoms with E-state index >= 15 is 0 Å². The van der Waals surface area contributed by atoms with Gasteiger partial charge in [0.05, 0.1) is 17.9 Å². The van der Waals surface area contributed by atoms with Gasteiger partial charge in [-0.3, -0.25) is 9.48 Å². The monoisotopic (exact) mass is 328 g/mol. The number of halogens is 1. The molecule has 2 aromatic rings. The van der Waals surface area contributed by atoms with Crippen molar-refractivity contribution in [2.45, 2.75) is 19.5 Å². The van der Waals surface area contributed by atoms with Crippen LogP contribution in [0.3, 0.4) is 0 Å². The summed E-state index contributed by atoms with van der Waals surface area (Å²) in [6.07, 6.45) is 3.45. The number of nitrogens with zero attached hydrogens (tertiary/aromatic N) is 2. The summed E-state index contributed by atoms with van der Waals surface area (Å²) in [6.45, 7) is 2.17. The topological polar surface area (TPSA) is 72.9 Å². The number of nitrogens with one attached hydrogen (secondary N) is 1. The number of amides is 1. The molecule has 0 radical (unpaired) electrons. The van der Waals surface area contributed by atoms with Crippen molar-refractivity contribution in [3.05, 3.63) is 33.2 Å². The van der Waals surface area contributed by atoms with E-state index in [-0.39, 0.29) is 12.6 Å². The van der Waals surface area contributed by atoms with E-state index in [9.17, 15) is 4.79 Å². The number of carbonyl (C=O) groups excluding carboxylic acids is 1. The minimum absolute atomic E-state index is 0.0978. The van der Waals surface area contributed by atoms with E-state index in [1.807, 2.05) is 5.38 Å². The molecule has 2 aromatic heterocycles. The molecule has 18 heavy (non-hydrogen) atoms. The minimum Gasteiger partial charge on any atom is -0.375 e. The van der Waals surface area contributed by atoms with Crippen LogP contribution in [-0.2, 0) is 11.3 Å². The number of nitrogens with two attached hydrogens (primary N) is 1. The van der Waals surface area contributed by atoms with Gasteiger partial charge < -0.3 is 11.1 Å². The second-order valence-corrected chi connectivity index (χ2v) is 5.78. The van der Waals surface area contributed by atoms with Crippen LogP contribution < -0.4 is 11.1 Å². The quantitative estimate of drug-likeness (QED) is 0.884. The van der Waals surface area contributed by atoms with Gasteiger partial charge in [0.15, 0.2) is 0 Å². The van der Waals surface area contributed by atoms with Crippen molar-refractivity contribution >= 4 is 38.9 Å². The molecular formula is C11H13BrN4OS. The first kappa shape index (κ1) is 13.1. The first-order valence-electron chi connectivity index (χ1n) is 5.36. The van der Waals surface area contributed by atoms with Crippen molar-refractivity contribution in [3.63, 3.8) is 0 Å². The van der Waals surface area contributed by atoms with Crippen LogP contribution in [0, 0.1) is 0 Å². The van der Waals surface area contributed by atoms with Gasteiger partial charge in [-0.25, -0.2) is 0 Å². The fraction of sp³-hybridized carbons (Fsp3) is 0.273. The molecule has 5 nitrogen and oxygen atoms in total. The summed E-state index contributed by atoms with van der Waals surface area (Å²) in [6, 6.07) is 2.27. The lowest BCUT2D eigenvalue weighted by Crippen LogP contribution is -2.18. The number of anilines is 1. The van der Waals surface area contributed by atoms with Crippen molar-refractivity contribution in [1.29, 1.82) is 0 Å². The molecule has 7 heteroatoms. The van der Waals surface area contributed by atoms with E-state index in [2.05, 4.69) is 39.3 Å². The molecule has 96 valence electrons. The van der Waals surface area contributed by atoms with Crippen LogP contribution in [0.2, 0.25) is 0 Å². The first-order chi connectivity index (χ1) is 8.54. The van der Waals surface area contributed by atoms with Crippen LogP contribution >= 0.6 is 27.3 Å². The van der Waals surface area contributed by atoms with Crippen molar-refractivity contribution in [1.82, 2.24) is 9.78 Å². The average Bonchev–Trinajstić information content (AvgIpc) is 2.87. The van der Waals surface area contributed by atoms with E-state index in [0.717, 1.165) is 10.2 Å². The highest BCUT2D eigenvalue weighted by Crippen LogP contribution is 2.27. The molecule has 0 aliphatic carbocycles. The standard InChI is InChI=1S/C11H13BrN4OS/c1-7(10-2-8(12)6-18-10)15-9-3-14-16(4-9)5-11(13)17/h2-4,6-7,15H,5H2,1H3,(H2,13,17). The van der Waals surface area contributed by atoms with E-state index in [4.69, 9.17) is 5.73 Å². The molecule has 0 aromatic carbocycles. The summed E-state index contributed by atoms with van der Waals surface area (Å²) in [7, 11) is 0. The lowest BCUT2D eigenvalue weighted by atomic mass is 10.3. The van der Waals surface area contributed by atoms with Crippen molar-refractivity contribution in [2.75, 3.05) is 5.32 Å². The van der Waals surface area contributed by atoms with Gasteiger partial charge in [0, 0.05) is 20.9 Å². The summed E-state index contributed by atoms with van der Waals surface area (Å²) in [5.74, 6) is -0.403. The van der Waals surface area contributed by atoms with E-state index in [1.165, 1.54) is 9.56 Å². The smallest absolute Gasteiger partial charge is 0.239 e. The number of hydrogen-bond donors (Lipinski definition) is 2. The third-order valence-electron chi connectivity index (χ3n) is 2.35. The van der Waals surface area contributed by atoms with Crippen LogP contribution in [-0.4, -0.2) is 15.7 Å². The summed E-state index contributed by atoms with van der Waals surface area (Å²) < 4.78 is 2.60. The first-order valence-corrected chi connectivity index (χ1v) is 7.03. The molecule has 2 rings (SSSR count). The maximum atomic E-state index is 10.8. The highest BCUT2D eigenvalue weighted by molar-refractivity contribution is 9.10. The summed E-state index contributed by atoms with van der Waals surface area (Å²) in [5.41, 5.74) is 5.97. The average molecular weight is 329 g/mol. The lowest BCUT2D eigenvalue weighted by Gasteiger charge is -2.11. The molecular weight excluding hydrogens is 316 g/mol. The third-order valence-corrected chi connectivity index (χ3v) is 4.23. The van der Waals surface area contributed by atoms with Gasteiger partial charge in [-0.2, -0.15) is 5.10 Å². The molecule has 0 saturated heterocycles. The zero-order valence-corrected chi connectivity index (χ0v) is 12.2. The highest BCUT2D eigenvalue weighted by Gasteiger charge is 2.09. The Hall–Kier alpha value is -1.34.